The van der Waals surface area contributed by atoms with Gasteiger partial charge in [0.15, 0.2) is 0 Å². The molecular formula is C17H22Cl2N4O2. The number of aromatic nitrogens is 2. The molecule has 6 nitrogen and oxygen atoms in total. The van der Waals surface area contributed by atoms with Gasteiger partial charge >= 0.3 is 0 Å². The number of hydrogen-bond donors (Lipinski definition) is 2. The first-order valence-electron chi connectivity index (χ1n) is 8.23. The third-order valence-electron chi connectivity index (χ3n) is 4.44. The molecule has 1 fully saturated rings. The van der Waals surface area contributed by atoms with Crippen LogP contribution in [0.2, 0.25) is 5.02 Å². The topological polar surface area (TPSA) is 94.0 Å². The molecule has 1 saturated carbocycles. The minimum atomic E-state index is 0. The zero-order chi connectivity index (χ0) is 16.9. The van der Waals surface area contributed by atoms with E-state index >= 15 is 0 Å². The van der Waals surface area contributed by atoms with Crippen molar-refractivity contribution in [2.75, 3.05) is 6.54 Å². The Kier molecular flexibility index (Phi) is 7.23. The van der Waals surface area contributed by atoms with Crippen LogP contribution in [0, 0.1) is 5.92 Å². The molecule has 1 amide bonds. The summed E-state index contributed by atoms with van der Waals surface area (Å²) >= 11 is 5.86. The fraction of sp³-hybridized carbons (Fsp3) is 0.471. The van der Waals surface area contributed by atoms with E-state index < -0.39 is 0 Å². The van der Waals surface area contributed by atoms with Crippen LogP contribution in [0.1, 0.15) is 31.6 Å². The van der Waals surface area contributed by atoms with Crippen molar-refractivity contribution in [1.82, 2.24) is 15.5 Å². The number of hydrogen-bond acceptors (Lipinski definition) is 5. The Labute approximate surface area is 157 Å². The smallest absolute Gasteiger partial charge is 0.227 e. The SMILES string of the molecule is Cl.NCC1CCCC1NC(=O)CCc1nc(-c2ccc(Cl)cc2)no1. The Morgan fingerprint density at radius 2 is 2.08 bits per heavy atom. The first-order chi connectivity index (χ1) is 11.7. The maximum Gasteiger partial charge on any atom is 0.227 e. The Morgan fingerprint density at radius 3 is 2.80 bits per heavy atom. The molecule has 0 radical (unpaired) electrons. The quantitative estimate of drug-likeness (QED) is 0.797. The highest BCUT2D eigenvalue weighted by Gasteiger charge is 2.27. The second-order valence-corrected chi connectivity index (χ2v) is 6.56. The second kappa shape index (κ2) is 9.17. The number of aryl methyl sites for hydroxylation is 1. The van der Waals surface area contributed by atoms with E-state index in [4.69, 9.17) is 21.9 Å². The Hall–Kier alpha value is -1.63. The Balaban J connectivity index is 0.00000225. The highest BCUT2D eigenvalue weighted by atomic mass is 35.5. The van der Waals surface area contributed by atoms with Gasteiger partial charge in [0, 0.05) is 29.5 Å². The first kappa shape index (κ1) is 19.7. The maximum atomic E-state index is 12.1. The standard InChI is InChI=1S/C17H21ClN4O2.ClH/c18-13-6-4-11(5-7-13)17-21-16(24-22-17)9-8-15(23)20-14-3-1-2-12(14)10-19;/h4-7,12,14H,1-3,8-10,19H2,(H,20,23);1H. The average Bonchev–Trinajstić information content (AvgIpc) is 3.22. The molecule has 8 heteroatoms. The molecule has 1 aromatic heterocycles. The van der Waals surface area contributed by atoms with Crippen molar-refractivity contribution in [3.05, 3.63) is 35.2 Å². The molecule has 1 aliphatic carbocycles. The molecule has 25 heavy (non-hydrogen) atoms. The van der Waals surface area contributed by atoms with E-state index in [2.05, 4.69) is 15.5 Å². The molecule has 1 aromatic carbocycles. The molecule has 3 N–H and O–H groups in total. The van der Waals surface area contributed by atoms with Crippen LogP contribution < -0.4 is 11.1 Å². The number of nitrogens with zero attached hydrogens (tertiary/aromatic N) is 2. The molecular weight excluding hydrogens is 363 g/mol. The van der Waals surface area contributed by atoms with Crippen LogP contribution in [-0.2, 0) is 11.2 Å². The van der Waals surface area contributed by atoms with Crippen molar-refractivity contribution in [2.24, 2.45) is 11.7 Å². The molecule has 0 bridgehead atoms. The number of halogens is 2. The fourth-order valence-corrected chi connectivity index (χ4v) is 3.21. The minimum Gasteiger partial charge on any atom is -0.353 e. The summed E-state index contributed by atoms with van der Waals surface area (Å²) in [6.45, 7) is 0.624. The van der Waals surface area contributed by atoms with Crippen molar-refractivity contribution in [1.29, 1.82) is 0 Å². The molecule has 136 valence electrons. The molecule has 2 unspecified atom stereocenters. The van der Waals surface area contributed by atoms with Gasteiger partial charge in [-0.25, -0.2) is 0 Å². The van der Waals surface area contributed by atoms with Gasteiger partial charge in [-0.15, -0.1) is 12.4 Å². The average molecular weight is 385 g/mol. The van der Waals surface area contributed by atoms with E-state index in [1.54, 1.807) is 12.1 Å². The highest BCUT2D eigenvalue weighted by molar-refractivity contribution is 6.30. The lowest BCUT2D eigenvalue weighted by Crippen LogP contribution is -2.39. The molecule has 2 aromatic rings. The van der Waals surface area contributed by atoms with Crippen LogP contribution >= 0.6 is 24.0 Å². The molecule has 0 saturated heterocycles. The van der Waals surface area contributed by atoms with Crippen LogP contribution in [-0.4, -0.2) is 28.6 Å². The number of amides is 1. The van der Waals surface area contributed by atoms with Gasteiger partial charge in [-0.1, -0.05) is 23.2 Å². The summed E-state index contributed by atoms with van der Waals surface area (Å²) in [5.41, 5.74) is 6.57. The number of benzene rings is 1. The van der Waals surface area contributed by atoms with Gasteiger partial charge in [0.05, 0.1) is 0 Å². The van der Waals surface area contributed by atoms with Gasteiger partial charge in [0.1, 0.15) is 0 Å². The second-order valence-electron chi connectivity index (χ2n) is 6.12. The van der Waals surface area contributed by atoms with Crippen molar-refractivity contribution in [3.63, 3.8) is 0 Å². The zero-order valence-electron chi connectivity index (χ0n) is 13.8. The van der Waals surface area contributed by atoms with Gasteiger partial charge in [-0.05, 0) is 49.6 Å². The summed E-state index contributed by atoms with van der Waals surface area (Å²) in [5, 5.41) is 7.67. The van der Waals surface area contributed by atoms with Gasteiger partial charge in [-0.3, -0.25) is 4.79 Å². The van der Waals surface area contributed by atoms with E-state index in [0.717, 1.165) is 24.8 Å². The van der Waals surface area contributed by atoms with Crippen LogP contribution in [0.4, 0.5) is 0 Å². The Morgan fingerprint density at radius 1 is 1.32 bits per heavy atom. The summed E-state index contributed by atoms with van der Waals surface area (Å²) in [7, 11) is 0. The minimum absolute atomic E-state index is 0. The zero-order valence-corrected chi connectivity index (χ0v) is 15.4. The normalized spacial score (nSPS) is 19.4. The lowest BCUT2D eigenvalue weighted by Gasteiger charge is -2.19. The fourth-order valence-electron chi connectivity index (χ4n) is 3.08. The summed E-state index contributed by atoms with van der Waals surface area (Å²) < 4.78 is 5.22. The molecule has 1 heterocycles. The molecule has 1 aliphatic rings. The summed E-state index contributed by atoms with van der Waals surface area (Å²) in [4.78, 5) is 16.4. The van der Waals surface area contributed by atoms with Crippen LogP contribution in [0.5, 0.6) is 0 Å². The summed E-state index contributed by atoms with van der Waals surface area (Å²) in [6.07, 6.45) is 3.98. The van der Waals surface area contributed by atoms with E-state index in [0.29, 0.717) is 42.0 Å². The van der Waals surface area contributed by atoms with Gasteiger partial charge in [-0.2, -0.15) is 4.98 Å². The van der Waals surface area contributed by atoms with Crippen molar-refractivity contribution < 1.29 is 9.32 Å². The predicted molar refractivity (Wildman–Crippen MR) is 98.6 cm³/mol. The van der Waals surface area contributed by atoms with Crippen LogP contribution in [0.3, 0.4) is 0 Å². The third kappa shape index (κ3) is 5.17. The summed E-state index contributed by atoms with van der Waals surface area (Å²) in [5.74, 6) is 1.36. The third-order valence-corrected chi connectivity index (χ3v) is 4.70. The van der Waals surface area contributed by atoms with Crippen molar-refractivity contribution >= 4 is 29.9 Å². The predicted octanol–water partition coefficient (Wildman–Crippen LogP) is 2.99. The van der Waals surface area contributed by atoms with Crippen LogP contribution in [0.15, 0.2) is 28.8 Å². The number of nitrogens with one attached hydrogen (secondary N) is 1. The molecule has 0 aliphatic heterocycles. The largest absolute Gasteiger partial charge is 0.353 e. The van der Waals surface area contributed by atoms with Crippen molar-refractivity contribution in [3.8, 4) is 11.4 Å². The lowest BCUT2D eigenvalue weighted by atomic mass is 10.0. The Bertz CT molecular complexity index is 690. The monoisotopic (exact) mass is 384 g/mol. The maximum absolute atomic E-state index is 12.1. The first-order valence-corrected chi connectivity index (χ1v) is 8.61. The van der Waals surface area contributed by atoms with Gasteiger partial charge < -0.3 is 15.6 Å². The number of carbonyl (C=O) groups excluding carboxylic acids is 1. The number of rotatable bonds is 6. The van der Waals surface area contributed by atoms with E-state index in [1.165, 1.54) is 0 Å². The van der Waals surface area contributed by atoms with E-state index in [1.807, 2.05) is 12.1 Å². The van der Waals surface area contributed by atoms with E-state index in [-0.39, 0.29) is 24.4 Å². The summed E-state index contributed by atoms with van der Waals surface area (Å²) in [6, 6.07) is 7.41. The number of carbonyl (C=O) groups is 1. The number of nitrogens with two attached hydrogens (primary N) is 1. The van der Waals surface area contributed by atoms with Gasteiger partial charge in [0.25, 0.3) is 0 Å². The van der Waals surface area contributed by atoms with Crippen molar-refractivity contribution in [2.45, 2.75) is 38.1 Å². The molecule has 2 atom stereocenters. The van der Waals surface area contributed by atoms with Crippen LogP contribution in [0.25, 0.3) is 11.4 Å². The highest BCUT2D eigenvalue weighted by Crippen LogP contribution is 2.24. The lowest BCUT2D eigenvalue weighted by molar-refractivity contribution is -0.122. The van der Waals surface area contributed by atoms with E-state index in [9.17, 15) is 4.79 Å². The molecule has 3 rings (SSSR count). The van der Waals surface area contributed by atoms with Gasteiger partial charge in [0.2, 0.25) is 17.6 Å². The molecule has 0 spiro atoms.